The molecule has 0 bridgehead atoms. The molecule has 0 heterocycles. The van der Waals surface area contributed by atoms with Gasteiger partial charge >= 0.3 is 0 Å². The maximum Gasteiger partial charge on any atom is 0.282 e. The molecule has 0 fully saturated rings. The Morgan fingerprint density at radius 2 is 0.700 bits per heavy atom. The van der Waals surface area contributed by atoms with Crippen molar-refractivity contribution >= 4 is 23.8 Å². The topological polar surface area (TPSA) is 55.4 Å². The van der Waals surface area contributed by atoms with E-state index in [1.54, 1.807) is 0 Å². The van der Waals surface area contributed by atoms with E-state index in [0.717, 1.165) is 38.5 Å². The molecule has 0 saturated heterocycles. The highest BCUT2D eigenvalue weighted by atomic mass is 31.1. The van der Waals surface area contributed by atoms with E-state index >= 15 is 0 Å². The van der Waals surface area contributed by atoms with Crippen molar-refractivity contribution in [2.24, 2.45) is 0 Å². The number of hydrogen-bond acceptors (Lipinski definition) is 6. The Kier molecular flexibility index (Phi) is 26.1. The first-order chi connectivity index (χ1) is 29.2. The van der Waals surface area contributed by atoms with Crippen molar-refractivity contribution in [1.82, 2.24) is 0 Å². The van der Waals surface area contributed by atoms with Gasteiger partial charge in [0.1, 0.15) is 0 Å². The van der Waals surface area contributed by atoms with Crippen molar-refractivity contribution in [2.75, 3.05) is 39.6 Å². The van der Waals surface area contributed by atoms with Crippen LogP contribution in [0, 0.1) is 20.8 Å². The summed E-state index contributed by atoms with van der Waals surface area (Å²) in [6.07, 6.45) is 20.9. The maximum absolute atomic E-state index is 5.93. The lowest BCUT2D eigenvalue weighted by molar-refractivity contribution is -0.380. The van der Waals surface area contributed by atoms with Crippen molar-refractivity contribution in [3.05, 3.63) is 88.5 Å². The molecule has 60 heavy (non-hydrogen) atoms. The SMILES string of the molecule is CCOC(CCCCCCCCCc1ccccc1P(c1ccccc1CCCCCCCCCC(OCC)(OCC)OCC)c1ccc(C)c(C)c1C)(OCC)OCC. The molecule has 338 valence electrons. The minimum Gasteiger partial charge on any atom is -0.328 e. The second-order valence-electron chi connectivity index (χ2n) is 16.2. The molecule has 0 radical (unpaired) electrons. The van der Waals surface area contributed by atoms with E-state index in [0.29, 0.717) is 39.6 Å². The van der Waals surface area contributed by atoms with Crippen LogP contribution >= 0.6 is 7.92 Å². The van der Waals surface area contributed by atoms with Crippen LogP contribution in [0.25, 0.3) is 0 Å². The van der Waals surface area contributed by atoms with Crippen LogP contribution in [0.3, 0.4) is 0 Å². The monoisotopic (exact) mass is 849 g/mol. The summed E-state index contributed by atoms with van der Waals surface area (Å²) in [6, 6.07) is 23.6. The predicted molar refractivity (Wildman–Crippen MR) is 256 cm³/mol. The van der Waals surface area contributed by atoms with Crippen LogP contribution in [0.1, 0.15) is 172 Å². The standard InChI is InChI=1S/C53H85O6P/c1-10-54-52(55-11-2,56-12-3)42-32-24-20-16-18-22-26-34-47-36-28-30-38-50(47)60(49-41-40-44(7)45(8)46(49)9)51-39-31-29-37-48(51)35-27-23-19-17-21-25-33-43-53(57-13-4,58-14-5)59-15-6/h28-31,36-41H,10-27,32-35,42-43H2,1-9H3. The second-order valence-corrected chi connectivity index (χ2v) is 18.3. The van der Waals surface area contributed by atoms with E-state index in [1.165, 1.54) is 121 Å². The van der Waals surface area contributed by atoms with Gasteiger partial charge in [0.25, 0.3) is 11.9 Å². The Bertz CT molecular complexity index is 1450. The largest absolute Gasteiger partial charge is 0.328 e. The zero-order chi connectivity index (χ0) is 43.5. The Morgan fingerprint density at radius 3 is 1.07 bits per heavy atom. The lowest BCUT2D eigenvalue weighted by atomic mass is 10.0. The Morgan fingerprint density at radius 1 is 0.367 bits per heavy atom. The summed E-state index contributed by atoms with van der Waals surface area (Å²) in [5.41, 5.74) is 7.30. The predicted octanol–water partition coefficient (Wildman–Crippen LogP) is 13.2. The van der Waals surface area contributed by atoms with Gasteiger partial charge in [-0.1, -0.05) is 125 Å². The number of benzene rings is 3. The van der Waals surface area contributed by atoms with E-state index in [4.69, 9.17) is 28.4 Å². The third kappa shape index (κ3) is 17.2. The summed E-state index contributed by atoms with van der Waals surface area (Å²) >= 11 is 0. The fourth-order valence-corrected chi connectivity index (χ4v) is 11.5. The summed E-state index contributed by atoms with van der Waals surface area (Å²) < 4.78 is 35.6. The van der Waals surface area contributed by atoms with Crippen LogP contribution in [0.5, 0.6) is 0 Å². The third-order valence-electron chi connectivity index (χ3n) is 11.8. The normalized spacial score (nSPS) is 12.2. The Hall–Kier alpha value is -2.15. The van der Waals surface area contributed by atoms with E-state index < -0.39 is 19.9 Å². The molecule has 3 aromatic rings. The van der Waals surface area contributed by atoms with Crippen LogP contribution in [-0.4, -0.2) is 51.6 Å². The number of unbranched alkanes of at least 4 members (excludes halogenated alkanes) is 12. The Balaban J connectivity index is 1.61. The van der Waals surface area contributed by atoms with Crippen LogP contribution in [-0.2, 0) is 41.3 Å². The summed E-state index contributed by atoms with van der Waals surface area (Å²) in [7, 11) is -0.704. The highest BCUT2D eigenvalue weighted by molar-refractivity contribution is 7.80. The molecular formula is C53H85O6P. The first-order valence-electron chi connectivity index (χ1n) is 24.1. The van der Waals surface area contributed by atoms with Crippen molar-refractivity contribution in [3.8, 4) is 0 Å². The molecular weight excluding hydrogens is 764 g/mol. The van der Waals surface area contributed by atoms with Crippen LogP contribution in [0.2, 0.25) is 0 Å². The van der Waals surface area contributed by atoms with Gasteiger partial charge in [-0.2, -0.15) is 0 Å². The molecule has 0 aliphatic heterocycles. The summed E-state index contributed by atoms with van der Waals surface area (Å²) in [6.45, 7) is 22.5. The minimum atomic E-state index is -0.879. The van der Waals surface area contributed by atoms with Gasteiger partial charge in [0, 0.05) is 52.5 Å². The molecule has 0 unspecified atom stereocenters. The smallest absolute Gasteiger partial charge is 0.282 e. The average molecular weight is 849 g/mol. The fourth-order valence-electron chi connectivity index (χ4n) is 8.54. The van der Waals surface area contributed by atoms with Gasteiger partial charge in [-0.05, 0) is 152 Å². The van der Waals surface area contributed by atoms with Gasteiger partial charge in [-0.15, -0.1) is 0 Å². The summed E-state index contributed by atoms with van der Waals surface area (Å²) in [5, 5.41) is 4.58. The molecule has 0 aliphatic carbocycles. The van der Waals surface area contributed by atoms with E-state index in [2.05, 4.69) is 81.4 Å². The van der Waals surface area contributed by atoms with Crippen LogP contribution < -0.4 is 15.9 Å². The van der Waals surface area contributed by atoms with Gasteiger partial charge in [0.2, 0.25) is 0 Å². The van der Waals surface area contributed by atoms with Crippen LogP contribution in [0.15, 0.2) is 60.7 Å². The molecule has 6 nitrogen and oxygen atoms in total. The molecule has 0 amide bonds. The molecule has 7 heteroatoms. The lowest BCUT2D eigenvalue weighted by Gasteiger charge is -2.32. The second kappa shape index (κ2) is 30.0. The van der Waals surface area contributed by atoms with Gasteiger partial charge in [0.15, 0.2) is 0 Å². The van der Waals surface area contributed by atoms with E-state index in [-0.39, 0.29) is 0 Å². The van der Waals surface area contributed by atoms with E-state index in [1.807, 2.05) is 41.5 Å². The van der Waals surface area contributed by atoms with Gasteiger partial charge in [-0.3, -0.25) is 0 Å². The van der Waals surface area contributed by atoms with Crippen molar-refractivity contribution in [3.63, 3.8) is 0 Å². The molecule has 0 saturated carbocycles. The molecule has 0 spiro atoms. The maximum atomic E-state index is 5.93. The highest BCUT2D eigenvalue weighted by Gasteiger charge is 2.33. The number of rotatable bonds is 35. The molecule has 0 aliphatic rings. The number of ether oxygens (including phenoxy) is 6. The van der Waals surface area contributed by atoms with Gasteiger partial charge in [-0.25, -0.2) is 0 Å². The molecule has 0 N–H and O–H groups in total. The first-order valence-corrected chi connectivity index (χ1v) is 25.4. The van der Waals surface area contributed by atoms with Crippen molar-refractivity contribution in [1.29, 1.82) is 0 Å². The quantitative estimate of drug-likeness (QED) is 0.0334. The summed E-state index contributed by atoms with van der Waals surface area (Å²) in [4.78, 5) is 0. The number of aryl methyl sites for hydroxylation is 3. The van der Waals surface area contributed by atoms with Crippen molar-refractivity contribution < 1.29 is 28.4 Å². The fraction of sp³-hybridized carbons (Fsp3) is 0.660. The molecule has 3 aromatic carbocycles. The first kappa shape index (κ1) is 52.2. The van der Waals surface area contributed by atoms with E-state index in [9.17, 15) is 0 Å². The van der Waals surface area contributed by atoms with Crippen molar-refractivity contribution in [2.45, 2.75) is 190 Å². The molecule has 0 atom stereocenters. The zero-order valence-electron chi connectivity index (χ0n) is 39.6. The van der Waals surface area contributed by atoms with Crippen LogP contribution in [0.4, 0.5) is 0 Å². The minimum absolute atomic E-state index is 0.590. The zero-order valence-corrected chi connectivity index (χ0v) is 40.5. The molecule has 0 aromatic heterocycles. The third-order valence-corrected chi connectivity index (χ3v) is 14.6. The van der Waals surface area contributed by atoms with Gasteiger partial charge < -0.3 is 28.4 Å². The lowest BCUT2D eigenvalue weighted by Crippen LogP contribution is -2.39. The summed E-state index contributed by atoms with van der Waals surface area (Å²) in [5.74, 6) is -1.76. The highest BCUT2D eigenvalue weighted by Crippen LogP contribution is 2.38. The molecule has 3 rings (SSSR count). The Labute approximate surface area is 368 Å². The number of hydrogen-bond donors (Lipinski definition) is 0. The average Bonchev–Trinajstić information content (AvgIpc) is 3.24. The van der Waals surface area contributed by atoms with Gasteiger partial charge in [0.05, 0.1) is 0 Å².